The van der Waals surface area contributed by atoms with Crippen LogP contribution in [0.5, 0.6) is 5.88 Å². The van der Waals surface area contributed by atoms with E-state index in [9.17, 15) is 22.0 Å². The van der Waals surface area contributed by atoms with Gasteiger partial charge in [0, 0.05) is 6.07 Å². The molecular weight excluding hydrogens is 211 g/mol. The molecule has 3 nitrogen and oxygen atoms in total. The zero-order valence-corrected chi connectivity index (χ0v) is 6.40. The lowest BCUT2D eigenvalue weighted by atomic mass is 10.4. The number of pyridine rings is 1. The molecule has 0 bridgehead atoms. The van der Waals surface area contributed by atoms with Gasteiger partial charge in [0.2, 0.25) is 5.95 Å². The molecule has 0 unspecified atom stereocenters. The topological polar surface area (TPSA) is 48.1 Å². The zero-order valence-electron chi connectivity index (χ0n) is 6.40. The molecule has 0 atom stereocenters. The molecule has 1 heterocycles. The quantitative estimate of drug-likeness (QED) is 0.573. The maximum atomic E-state index is 12.6. The number of rotatable bonds is 1. The molecule has 1 aromatic heterocycles. The molecular formula is C6H3F5N2O. The van der Waals surface area contributed by atoms with E-state index in [2.05, 4.69) is 9.72 Å². The predicted octanol–water partition coefficient (Wildman–Crippen LogP) is 1.84. The lowest BCUT2D eigenvalue weighted by Crippen LogP contribution is -2.19. The average molecular weight is 214 g/mol. The summed E-state index contributed by atoms with van der Waals surface area (Å²) < 4.78 is 62.9. The molecule has 0 aliphatic heterocycles. The fourth-order valence-electron chi connectivity index (χ4n) is 0.646. The van der Waals surface area contributed by atoms with E-state index < -0.39 is 29.7 Å². The molecule has 78 valence electrons. The summed E-state index contributed by atoms with van der Waals surface area (Å²) in [6.45, 7) is 0. The Balaban J connectivity index is 3.04. The van der Waals surface area contributed by atoms with Crippen molar-refractivity contribution in [1.29, 1.82) is 0 Å². The summed E-state index contributed by atoms with van der Waals surface area (Å²) in [4.78, 5) is 2.55. The van der Waals surface area contributed by atoms with Crippen molar-refractivity contribution in [3.8, 4) is 5.88 Å². The van der Waals surface area contributed by atoms with Crippen molar-refractivity contribution < 1.29 is 26.7 Å². The molecule has 0 saturated carbocycles. The normalized spacial score (nSPS) is 11.5. The molecule has 1 aromatic rings. The van der Waals surface area contributed by atoms with Crippen molar-refractivity contribution in [2.24, 2.45) is 0 Å². The first-order chi connectivity index (χ1) is 6.29. The van der Waals surface area contributed by atoms with Crippen LogP contribution in [0.4, 0.5) is 27.6 Å². The summed E-state index contributed by atoms with van der Waals surface area (Å²) >= 11 is 0. The summed E-state index contributed by atoms with van der Waals surface area (Å²) in [7, 11) is 0. The standard InChI is InChI=1S/C6H3F5N2O/c7-2-1-3(12)4(8)13-5(2)14-6(9,10)11/h1H,12H2. The Morgan fingerprint density at radius 3 is 2.36 bits per heavy atom. The highest BCUT2D eigenvalue weighted by Crippen LogP contribution is 2.25. The Morgan fingerprint density at radius 1 is 1.29 bits per heavy atom. The minimum Gasteiger partial charge on any atom is -0.395 e. The van der Waals surface area contributed by atoms with Crippen LogP contribution < -0.4 is 10.5 Å². The third kappa shape index (κ3) is 2.44. The van der Waals surface area contributed by atoms with Gasteiger partial charge in [-0.2, -0.15) is 9.37 Å². The number of halogens is 5. The maximum Gasteiger partial charge on any atom is 0.574 e. The summed E-state index contributed by atoms with van der Waals surface area (Å²) in [5.41, 5.74) is 4.14. The second-order valence-electron chi connectivity index (χ2n) is 2.20. The van der Waals surface area contributed by atoms with Gasteiger partial charge in [-0.05, 0) is 0 Å². The summed E-state index contributed by atoms with van der Waals surface area (Å²) in [5, 5.41) is 0. The van der Waals surface area contributed by atoms with Crippen LogP contribution in [0.25, 0.3) is 0 Å². The predicted molar refractivity (Wildman–Crippen MR) is 35.2 cm³/mol. The number of ether oxygens (including phenoxy) is 1. The Bertz CT molecular complexity index is 351. The van der Waals surface area contributed by atoms with Crippen LogP contribution in [-0.2, 0) is 0 Å². The van der Waals surface area contributed by atoms with E-state index in [0.717, 1.165) is 0 Å². The fraction of sp³-hybridized carbons (Fsp3) is 0.167. The molecule has 0 saturated heterocycles. The van der Waals surface area contributed by atoms with Crippen molar-refractivity contribution in [1.82, 2.24) is 4.98 Å². The smallest absolute Gasteiger partial charge is 0.395 e. The third-order valence-corrected chi connectivity index (χ3v) is 1.14. The minimum atomic E-state index is -5.13. The first-order valence-electron chi connectivity index (χ1n) is 3.17. The lowest BCUT2D eigenvalue weighted by Gasteiger charge is -2.08. The molecule has 2 N–H and O–H groups in total. The highest BCUT2D eigenvalue weighted by molar-refractivity contribution is 5.38. The van der Waals surface area contributed by atoms with Crippen LogP contribution in [0.15, 0.2) is 6.07 Å². The van der Waals surface area contributed by atoms with Gasteiger partial charge in [0.25, 0.3) is 5.88 Å². The van der Waals surface area contributed by atoms with E-state index in [1.165, 1.54) is 0 Å². The lowest BCUT2D eigenvalue weighted by molar-refractivity contribution is -0.277. The number of aromatic nitrogens is 1. The summed E-state index contributed by atoms with van der Waals surface area (Å²) in [6, 6.07) is 0.351. The van der Waals surface area contributed by atoms with Crippen molar-refractivity contribution in [3.63, 3.8) is 0 Å². The molecule has 14 heavy (non-hydrogen) atoms. The number of nitrogens with two attached hydrogens (primary N) is 1. The van der Waals surface area contributed by atoms with Crippen LogP contribution in [0.2, 0.25) is 0 Å². The molecule has 0 aliphatic carbocycles. The van der Waals surface area contributed by atoms with Gasteiger partial charge in [-0.15, -0.1) is 13.2 Å². The van der Waals surface area contributed by atoms with Crippen molar-refractivity contribution in [2.45, 2.75) is 6.36 Å². The monoisotopic (exact) mass is 214 g/mol. The van der Waals surface area contributed by atoms with Gasteiger partial charge in [0.15, 0.2) is 5.82 Å². The zero-order chi connectivity index (χ0) is 10.9. The Hall–Kier alpha value is -1.60. The molecule has 8 heteroatoms. The van der Waals surface area contributed by atoms with E-state index in [-0.39, 0.29) is 0 Å². The number of nitrogen functional groups attached to an aromatic ring is 1. The van der Waals surface area contributed by atoms with E-state index in [0.29, 0.717) is 6.07 Å². The van der Waals surface area contributed by atoms with Crippen LogP contribution in [0.1, 0.15) is 0 Å². The first kappa shape index (κ1) is 10.5. The van der Waals surface area contributed by atoms with Crippen LogP contribution in [-0.4, -0.2) is 11.3 Å². The Morgan fingerprint density at radius 2 is 1.86 bits per heavy atom. The first-order valence-corrected chi connectivity index (χ1v) is 3.17. The summed E-state index contributed by atoms with van der Waals surface area (Å²) in [6.07, 6.45) is -5.13. The molecule has 0 amide bonds. The second kappa shape index (κ2) is 3.28. The highest BCUT2D eigenvalue weighted by atomic mass is 19.4. The second-order valence-corrected chi connectivity index (χ2v) is 2.20. The maximum absolute atomic E-state index is 12.6. The van der Waals surface area contributed by atoms with Crippen LogP contribution >= 0.6 is 0 Å². The van der Waals surface area contributed by atoms with Gasteiger partial charge in [0.1, 0.15) is 0 Å². The Kier molecular flexibility index (Phi) is 2.45. The molecule has 0 fully saturated rings. The van der Waals surface area contributed by atoms with E-state index in [4.69, 9.17) is 5.73 Å². The Labute approximate surface area is 74.3 Å². The molecule has 1 rings (SSSR count). The summed E-state index contributed by atoms with van der Waals surface area (Å²) in [5.74, 6) is -4.41. The van der Waals surface area contributed by atoms with Gasteiger partial charge >= 0.3 is 6.36 Å². The number of hydrogen-bond acceptors (Lipinski definition) is 3. The van der Waals surface area contributed by atoms with Gasteiger partial charge < -0.3 is 10.5 Å². The highest BCUT2D eigenvalue weighted by Gasteiger charge is 2.33. The molecule has 0 radical (unpaired) electrons. The van der Waals surface area contributed by atoms with E-state index >= 15 is 0 Å². The average Bonchev–Trinajstić information content (AvgIpc) is 1.97. The number of anilines is 1. The molecule has 0 aliphatic rings. The molecule has 0 spiro atoms. The fourth-order valence-corrected chi connectivity index (χ4v) is 0.646. The van der Waals surface area contributed by atoms with Gasteiger partial charge in [-0.3, -0.25) is 0 Å². The van der Waals surface area contributed by atoms with Gasteiger partial charge in [-0.25, -0.2) is 4.39 Å². The van der Waals surface area contributed by atoms with Gasteiger partial charge in [-0.1, -0.05) is 0 Å². The van der Waals surface area contributed by atoms with Crippen molar-refractivity contribution in [3.05, 3.63) is 17.8 Å². The number of alkyl halides is 3. The number of nitrogens with zero attached hydrogens (tertiary/aromatic N) is 1. The number of hydrogen-bond donors (Lipinski definition) is 1. The van der Waals surface area contributed by atoms with Crippen molar-refractivity contribution >= 4 is 5.69 Å². The van der Waals surface area contributed by atoms with E-state index in [1.54, 1.807) is 0 Å². The third-order valence-electron chi connectivity index (χ3n) is 1.14. The molecule has 0 aromatic carbocycles. The van der Waals surface area contributed by atoms with Crippen molar-refractivity contribution in [2.75, 3.05) is 5.73 Å². The SMILES string of the molecule is Nc1cc(F)c(OC(F)(F)F)nc1F. The van der Waals surface area contributed by atoms with Crippen LogP contribution in [0, 0.1) is 11.8 Å². The van der Waals surface area contributed by atoms with Crippen LogP contribution in [0.3, 0.4) is 0 Å². The largest absolute Gasteiger partial charge is 0.574 e. The van der Waals surface area contributed by atoms with E-state index in [1.807, 2.05) is 0 Å². The minimum absolute atomic E-state index is 0.351. The van der Waals surface area contributed by atoms with Gasteiger partial charge in [0.05, 0.1) is 5.69 Å².